The molecule has 4 heteroatoms. The number of hydrogen-bond donors (Lipinski definition) is 1. The van der Waals surface area contributed by atoms with Crippen molar-refractivity contribution in [3.63, 3.8) is 0 Å². The van der Waals surface area contributed by atoms with Crippen LogP contribution in [0.2, 0.25) is 0 Å². The molecule has 0 spiro atoms. The summed E-state index contributed by atoms with van der Waals surface area (Å²) in [6.07, 6.45) is 1.19. The van der Waals surface area contributed by atoms with Crippen molar-refractivity contribution in [3.8, 4) is 5.75 Å². The van der Waals surface area contributed by atoms with Crippen LogP contribution in [0.1, 0.15) is 29.8 Å². The Morgan fingerprint density at radius 3 is 2.74 bits per heavy atom. The van der Waals surface area contributed by atoms with Crippen molar-refractivity contribution in [1.29, 1.82) is 0 Å². The number of aliphatic hydroxyl groups is 1. The number of aryl methyl sites for hydroxylation is 1. The van der Waals surface area contributed by atoms with Gasteiger partial charge in [-0.2, -0.15) is 0 Å². The average Bonchev–Trinajstić information content (AvgIpc) is 2.38. The van der Waals surface area contributed by atoms with Gasteiger partial charge in [0.05, 0.1) is 11.8 Å². The van der Waals surface area contributed by atoms with Crippen molar-refractivity contribution in [1.82, 2.24) is 4.98 Å². The number of ether oxygens (including phenoxy) is 1. The van der Waals surface area contributed by atoms with E-state index in [1.54, 1.807) is 13.1 Å². The number of nitrogens with zero attached hydrogens (tertiary/aromatic N) is 1. The fraction of sp³-hybridized carbons (Fsp3) is 0.267. The van der Waals surface area contributed by atoms with E-state index in [0.717, 1.165) is 21.3 Å². The van der Waals surface area contributed by atoms with E-state index in [9.17, 15) is 5.11 Å². The Bertz CT molecular complexity index is 553. The van der Waals surface area contributed by atoms with Gasteiger partial charge in [0.25, 0.3) is 0 Å². The van der Waals surface area contributed by atoms with E-state index < -0.39 is 6.10 Å². The normalized spacial score (nSPS) is 12.2. The van der Waals surface area contributed by atoms with Gasteiger partial charge in [0.15, 0.2) is 0 Å². The Balaban J connectivity index is 2.14. The van der Waals surface area contributed by atoms with Gasteiger partial charge in [-0.15, -0.1) is 0 Å². The fourth-order valence-corrected chi connectivity index (χ4v) is 1.99. The Kier molecular flexibility index (Phi) is 4.56. The molecule has 0 aliphatic heterocycles. The summed E-state index contributed by atoms with van der Waals surface area (Å²) in [7, 11) is 0. The topological polar surface area (TPSA) is 42.4 Å². The molecule has 1 aromatic carbocycles. The molecule has 1 atom stereocenters. The summed E-state index contributed by atoms with van der Waals surface area (Å²) < 4.78 is 6.71. The molecule has 0 aliphatic rings. The second-order valence-corrected chi connectivity index (χ2v) is 5.39. The number of aromatic nitrogens is 1. The SMILES string of the molecule is Cc1ccc(C(C)O)c(OCc2ccc(Br)cn2)c1. The lowest BCUT2D eigenvalue weighted by molar-refractivity contribution is 0.190. The molecule has 0 saturated carbocycles. The van der Waals surface area contributed by atoms with Gasteiger partial charge in [-0.05, 0) is 53.5 Å². The van der Waals surface area contributed by atoms with Crippen LogP contribution in [0.4, 0.5) is 0 Å². The lowest BCUT2D eigenvalue weighted by Crippen LogP contribution is -2.02. The highest BCUT2D eigenvalue weighted by Crippen LogP contribution is 2.27. The Labute approximate surface area is 121 Å². The first kappa shape index (κ1) is 14.0. The first-order valence-corrected chi connectivity index (χ1v) is 6.87. The van der Waals surface area contributed by atoms with E-state index in [2.05, 4.69) is 20.9 Å². The highest BCUT2D eigenvalue weighted by Gasteiger charge is 2.09. The Morgan fingerprint density at radius 1 is 1.32 bits per heavy atom. The number of rotatable bonds is 4. The van der Waals surface area contributed by atoms with Gasteiger partial charge < -0.3 is 9.84 Å². The van der Waals surface area contributed by atoms with E-state index >= 15 is 0 Å². The van der Waals surface area contributed by atoms with E-state index in [0.29, 0.717) is 12.4 Å². The lowest BCUT2D eigenvalue weighted by atomic mass is 10.1. The maximum Gasteiger partial charge on any atom is 0.130 e. The molecule has 19 heavy (non-hydrogen) atoms. The first-order valence-electron chi connectivity index (χ1n) is 6.08. The van der Waals surface area contributed by atoms with Crippen LogP contribution in [0.5, 0.6) is 5.75 Å². The minimum absolute atomic E-state index is 0.385. The van der Waals surface area contributed by atoms with Crippen molar-refractivity contribution in [2.24, 2.45) is 0 Å². The smallest absolute Gasteiger partial charge is 0.130 e. The standard InChI is InChI=1S/C15H16BrNO2/c1-10-3-6-14(11(2)18)15(7-10)19-9-13-5-4-12(16)8-17-13/h3-8,11,18H,9H2,1-2H3. The minimum Gasteiger partial charge on any atom is -0.487 e. The maximum atomic E-state index is 9.73. The first-order chi connectivity index (χ1) is 9.06. The zero-order valence-corrected chi connectivity index (χ0v) is 12.5. The van der Waals surface area contributed by atoms with Gasteiger partial charge in [0.2, 0.25) is 0 Å². The quantitative estimate of drug-likeness (QED) is 0.931. The van der Waals surface area contributed by atoms with Crippen LogP contribution in [0.15, 0.2) is 41.0 Å². The fourth-order valence-electron chi connectivity index (χ4n) is 1.76. The molecule has 1 aromatic heterocycles. The molecule has 0 bridgehead atoms. The van der Waals surface area contributed by atoms with Crippen molar-refractivity contribution in [3.05, 3.63) is 57.8 Å². The zero-order valence-electron chi connectivity index (χ0n) is 10.9. The van der Waals surface area contributed by atoms with Gasteiger partial charge in [-0.1, -0.05) is 12.1 Å². The molecule has 0 aliphatic carbocycles. The van der Waals surface area contributed by atoms with E-state index in [1.165, 1.54) is 0 Å². The average molecular weight is 322 g/mol. The summed E-state index contributed by atoms with van der Waals surface area (Å²) in [5.41, 5.74) is 2.74. The summed E-state index contributed by atoms with van der Waals surface area (Å²) >= 11 is 3.35. The molecule has 1 heterocycles. The molecular formula is C15H16BrNO2. The maximum absolute atomic E-state index is 9.73. The van der Waals surface area contributed by atoms with Gasteiger partial charge in [0.1, 0.15) is 12.4 Å². The summed E-state index contributed by atoms with van der Waals surface area (Å²) in [6.45, 7) is 4.11. The summed E-state index contributed by atoms with van der Waals surface area (Å²) in [6, 6.07) is 9.62. The van der Waals surface area contributed by atoms with E-state index in [-0.39, 0.29) is 0 Å². The molecule has 0 fully saturated rings. The summed E-state index contributed by atoms with van der Waals surface area (Å²) in [5, 5.41) is 9.73. The van der Waals surface area contributed by atoms with Crippen LogP contribution in [0.3, 0.4) is 0 Å². The third kappa shape index (κ3) is 3.78. The Morgan fingerprint density at radius 2 is 2.11 bits per heavy atom. The summed E-state index contributed by atoms with van der Waals surface area (Å²) in [4.78, 5) is 4.26. The van der Waals surface area contributed by atoms with Crippen LogP contribution in [0, 0.1) is 6.92 Å². The molecule has 0 amide bonds. The van der Waals surface area contributed by atoms with Crippen LogP contribution >= 0.6 is 15.9 Å². The largest absolute Gasteiger partial charge is 0.487 e. The molecule has 100 valence electrons. The highest BCUT2D eigenvalue weighted by molar-refractivity contribution is 9.10. The van der Waals surface area contributed by atoms with Crippen LogP contribution in [-0.2, 0) is 6.61 Å². The third-order valence-electron chi connectivity index (χ3n) is 2.78. The molecule has 2 rings (SSSR count). The van der Waals surface area contributed by atoms with Crippen molar-refractivity contribution < 1.29 is 9.84 Å². The van der Waals surface area contributed by atoms with Gasteiger partial charge in [-0.25, -0.2) is 0 Å². The lowest BCUT2D eigenvalue weighted by Gasteiger charge is -2.14. The molecule has 1 N–H and O–H groups in total. The van der Waals surface area contributed by atoms with Gasteiger partial charge >= 0.3 is 0 Å². The number of aliphatic hydroxyl groups excluding tert-OH is 1. The number of pyridine rings is 1. The molecule has 1 unspecified atom stereocenters. The third-order valence-corrected chi connectivity index (χ3v) is 3.25. The van der Waals surface area contributed by atoms with E-state index in [1.807, 2.05) is 37.3 Å². The molecule has 2 aromatic rings. The number of benzene rings is 1. The van der Waals surface area contributed by atoms with Crippen LogP contribution in [-0.4, -0.2) is 10.1 Å². The minimum atomic E-state index is -0.548. The van der Waals surface area contributed by atoms with E-state index in [4.69, 9.17) is 4.74 Å². The second kappa shape index (κ2) is 6.17. The predicted molar refractivity (Wildman–Crippen MR) is 78.1 cm³/mol. The number of halogens is 1. The Hall–Kier alpha value is -1.39. The summed E-state index contributed by atoms with van der Waals surface area (Å²) in [5.74, 6) is 0.708. The highest BCUT2D eigenvalue weighted by atomic mass is 79.9. The molecule has 0 radical (unpaired) electrons. The zero-order chi connectivity index (χ0) is 13.8. The molecule has 3 nitrogen and oxygen atoms in total. The van der Waals surface area contributed by atoms with Crippen molar-refractivity contribution in [2.75, 3.05) is 0 Å². The van der Waals surface area contributed by atoms with Crippen LogP contribution < -0.4 is 4.74 Å². The van der Waals surface area contributed by atoms with Gasteiger partial charge in [0, 0.05) is 16.2 Å². The molecule has 0 saturated heterocycles. The second-order valence-electron chi connectivity index (χ2n) is 4.47. The van der Waals surface area contributed by atoms with Crippen LogP contribution in [0.25, 0.3) is 0 Å². The monoisotopic (exact) mass is 321 g/mol. The number of hydrogen-bond acceptors (Lipinski definition) is 3. The van der Waals surface area contributed by atoms with Crippen molar-refractivity contribution in [2.45, 2.75) is 26.6 Å². The van der Waals surface area contributed by atoms with Crippen molar-refractivity contribution >= 4 is 15.9 Å². The van der Waals surface area contributed by atoms with Gasteiger partial charge in [-0.3, -0.25) is 4.98 Å². The molecular weight excluding hydrogens is 306 g/mol. The predicted octanol–water partition coefficient (Wildman–Crippen LogP) is 3.78.